The van der Waals surface area contributed by atoms with Crippen LogP contribution >= 0.6 is 0 Å². The van der Waals surface area contributed by atoms with Crippen LogP contribution in [0.15, 0.2) is 0 Å². The second-order valence-electron chi connectivity index (χ2n) is 4.51. The Hall–Kier alpha value is -0.610. The fourth-order valence-corrected chi connectivity index (χ4v) is 1.38. The van der Waals surface area contributed by atoms with E-state index in [1.165, 1.54) is 0 Å². The fraction of sp³-hybridized carbons (Fsp3) is 0.923. The highest BCUT2D eigenvalue weighted by Crippen LogP contribution is 1.98. The lowest BCUT2D eigenvalue weighted by Crippen LogP contribution is -2.27. The molecule has 0 bridgehead atoms. The van der Waals surface area contributed by atoms with E-state index in [0.717, 1.165) is 32.5 Å². The smallest absolute Gasteiger partial charge is 0.222 e. The Kier molecular flexibility index (Phi) is 11.4. The topological polar surface area (TPSA) is 47.6 Å². The van der Waals surface area contributed by atoms with E-state index in [-0.39, 0.29) is 5.91 Å². The molecule has 0 aliphatic rings. The molecule has 0 unspecified atom stereocenters. The zero-order valence-electron chi connectivity index (χ0n) is 11.5. The standard InChI is InChI=1S/C13H27NO3/c1-4-16-8-6-5-7-9-17-11-14-13(15)10-12(2)3/h12H,4-11H2,1-3H3,(H,14,15). The predicted octanol–water partition coefficient (Wildman–Crippen LogP) is 2.33. The largest absolute Gasteiger partial charge is 0.382 e. The van der Waals surface area contributed by atoms with Crippen molar-refractivity contribution >= 4 is 5.91 Å². The van der Waals surface area contributed by atoms with E-state index in [4.69, 9.17) is 9.47 Å². The van der Waals surface area contributed by atoms with Crippen molar-refractivity contribution < 1.29 is 14.3 Å². The maximum absolute atomic E-state index is 11.3. The minimum Gasteiger partial charge on any atom is -0.382 e. The van der Waals surface area contributed by atoms with Crippen molar-refractivity contribution in [1.82, 2.24) is 5.32 Å². The summed E-state index contributed by atoms with van der Waals surface area (Å²) in [7, 11) is 0. The summed E-state index contributed by atoms with van der Waals surface area (Å²) in [6.45, 7) is 8.71. The first-order valence-corrected chi connectivity index (χ1v) is 6.59. The molecular weight excluding hydrogens is 218 g/mol. The van der Waals surface area contributed by atoms with Gasteiger partial charge in [0.25, 0.3) is 0 Å². The average molecular weight is 245 g/mol. The van der Waals surface area contributed by atoms with Crippen LogP contribution in [-0.4, -0.2) is 32.5 Å². The average Bonchev–Trinajstić information content (AvgIpc) is 2.26. The summed E-state index contributed by atoms with van der Waals surface area (Å²) in [5, 5.41) is 2.74. The van der Waals surface area contributed by atoms with E-state index in [1.54, 1.807) is 0 Å². The zero-order chi connectivity index (χ0) is 12.9. The molecule has 0 aromatic rings. The van der Waals surface area contributed by atoms with Gasteiger partial charge in [0.05, 0.1) is 0 Å². The maximum atomic E-state index is 11.3. The molecule has 0 rings (SSSR count). The highest BCUT2D eigenvalue weighted by atomic mass is 16.5. The molecule has 0 aliphatic carbocycles. The zero-order valence-corrected chi connectivity index (χ0v) is 11.5. The number of carbonyl (C=O) groups is 1. The van der Waals surface area contributed by atoms with Gasteiger partial charge in [-0.25, -0.2) is 0 Å². The number of rotatable bonds is 11. The van der Waals surface area contributed by atoms with E-state index in [0.29, 0.717) is 25.7 Å². The Bertz CT molecular complexity index is 184. The highest BCUT2D eigenvalue weighted by molar-refractivity contribution is 5.75. The molecule has 0 saturated heterocycles. The fourth-order valence-electron chi connectivity index (χ4n) is 1.38. The van der Waals surface area contributed by atoms with Crippen molar-refractivity contribution in [3.05, 3.63) is 0 Å². The van der Waals surface area contributed by atoms with Crippen LogP contribution in [0.3, 0.4) is 0 Å². The van der Waals surface area contributed by atoms with Crippen molar-refractivity contribution in [3.8, 4) is 0 Å². The Balaban J connectivity index is 3.10. The van der Waals surface area contributed by atoms with Gasteiger partial charge < -0.3 is 14.8 Å². The first kappa shape index (κ1) is 16.4. The highest BCUT2D eigenvalue weighted by Gasteiger charge is 2.02. The van der Waals surface area contributed by atoms with Gasteiger partial charge in [0, 0.05) is 26.2 Å². The molecular formula is C13H27NO3. The van der Waals surface area contributed by atoms with Crippen molar-refractivity contribution in [3.63, 3.8) is 0 Å². The molecule has 4 nitrogen and oxygen atoms in total. The summed E-state index contributed by atoms with van der Waals surface area (Å²) in [6, 6.07) is 0. The predicted molar refractivity (Wildman–Crippen MR) is 68.8 cm³/mol. The van der Waals surface area contributed by atoms with Crippen LogP contribution in [0.4, 0.5) is 0 Å². The number of hydrogen-bond donors (Lipinski definition) is 1. The second kappa shape index (κ2) is 11.9. The minimum atomic E-state index is 0.0661. The molecule has 0 atom stereocenters. The lowest BCUT2D eigenvalue weighted by molar-refractivity contribution is -0.123. The normalized spacial score (nSPS) is 10.8. The van der Waals surface area contributed by atoms with E-state index in [9.17, 15) is 4.79 Å². The van der Waals surface area contributed by atoms with Crippen LogP contribution in [-0.2, 0) is 14.3 Å². The lowest BCUT2D eigenvalue weighted by Gasteiger charge is -2.08. The van der Waals surface area contributed by atoms with Crippen molar-refractivity contribution in [2.45, 2.75) is 46.5 Å². The molecule has 0 heterocycles. The Morgan fingerprint density at radius 2 is 1.76 bits per heavy atom. The number of carbonyl (C=O) groups excluding carboxylic acids is 1. The third-order valence-corrected chi connectivity index (χ3v) is 2.25. The van der Waals surface area contributed by atoms with Crippen LogP contribution < -0.4 is 5.32 Å². The van der Waals surface area contributed by atoms with Gasteiger partial charge in [0.1, 0.15) is 6.73 Å². The van der Waals surface area contributed by atoms with Gasteiger partial charge >= 0.3 is 0 Å². The summed E-state index contributed by atoms with van der Waals surface area (Å²) in [4.78, 5) is 11.3. The number of nitrogens with one attached hydrogen (secondary N) is 1. The van der Waals surface area contributed by atoms with Crippen LogP contribution in [0, 0.1) is 5.92 Å². The Morgan fingerprint density at radius 3 is 2.35 bits per heavy atom. The minimum absolute atomic E-state index is 0.0661. The van der Waals surface area contributed by atoms with Crippen LogP contribution in [0.5, 0.6) is 0 Å². The maximum Gasteiger partial charge on any atom is 0.222 e. The number of ether oxygens (including phenoxy) is 2. The van der Waals surface area contributed by atoms with E-state index in [2.05, 4.69) is 5.32 Å². The lowest BCUT2D eigenvalue weighted by atomic mass is 10.1. The molecule has 1 amide bonds. The Morgan fingerprint density at radius 1 is 1.12 bits per heavy atom. The first-order chi connectivity index (χ1) is 8.16. The molecule has 1 N–H and O–H groups in total. The van der Waals surface area contributed by atoms with Crippen LogP contribution in [0.25, 0.3) is 0 Å². The van der Waals surface area contributed by atoms with E-state index < -0.39 is 0 Å². The molecule has 0 fully saturated rings. The van der Waals surface area contributed by atoms with Gasteiger partial charge in [-0.15, -0.1) is 0 Å². The monoisotopic (exact) mass is 245 g/mol. The van der Waals surface area contributed by atoms with Crippen molar-refractivity contribution in [1.29, 1.82) is 0 Å². The van der Waals surface area contributed by atoms with Crippen LogP contribution in [0.1, 0.15) is 46.5 Å². The number of hydrogen-bond acceptors (Lipinski definition) is 3. The summed E-state index contributed by atoms with van der Waals surface area (Å²) in [5.41, 5.74) is 0. The molecule has 4 heteroatoms. The summed E-state index contributed by atoms with van der Waals surface area (Å²) >= 11 is 0. The third-order valence-electron chi connectivity index (χ3n) is 2.25. The van der Waals surface area contributed by atoms with Crippen LogP contribution in [0.2, 0.25) is 0 Å². The van der Waals surface area contributed by atoms with Gasteiger partial charge in [0.2, 0.25) is 5.91 Å². The van der Waals surface area contributed by atoms with Crippen molar-refractivity contribution in [2.24, 2.45) is 5.92 Å². The molecule has 0 spiro atoms. The van der Waals surface area contributed by atoms with Gasteiger partial charge in [0.15, 0.2) is 0 Å². The molecule has 0 aliphatic heterocycles. The molecule has 0 radical (unpaired) electrons. The van der Waals surface area contributed by atoms with E-state index >= 15 is 0 Å². The van der Waals surface area contributed by atoms with Gasteiger partial charge in [-0.2, -0.15) is 0 Å². The molecule has 17 heavy (non-hydrogen) atoms. The molecule has 0 aromatic carbocycles. The quantitative estimate of drug-likeness (QED) is 0.449. The summed E-state index contributed by atoms with van der Waals surface area (Å²) < 4.78 is 10.6. The number of unbranched alkanes of at least 4 members (excludes halogenated alkanes) is 2. The van der Waals surface area contributed by atoms with Crippen molar-refractivity contribution in [2.75, 3.05) is 26.6 Å². The Labute approximate surface area is 105 Å². The third kappa shape index (κ3) is 13.3. The summed E-state index contributed by atoms with van der Waals surface area (Å²) in [5.74, 6) is 0.463. The first-order valence-electron chi connectivity index (χ1n) is 6.59. The molecule has 102 valence electrons. The van der Waals surface area contributed by atoms with E-state index in [1.807, 2.05) is 20.8 Å². The van der Waals surface area contributed by atoms with Gasteiger partial charge in [-0.3, -0.25) is 4.79 Å². The number of amides is 1. The van der Waals surface area contributed by atoms with Gasteiger partial charge in [-0.1, -0.05) is 13.8 Å². The van der Waals surface area contributed by atoms with Gasteiger partial charge in [-0.05, 0) is 32.1 Å². The molecule has 0 saturated carbocycles. The second-order valence-corrected chi connectivity index (χ2v) is 4.51. The SMILES string of the molecule is CCOCCCCCOCNC(=O)CC(C)C. The summed E-state index contributed by atoms with van der Waals surface area (Å²) in [6.07, 6.45) is 3.78. The molecule has 0 aromatic heterocycles.